The SMILES string of the molecule is O=C(Cc1ccncc1)Nc1cccc(C(F)(F)F)c1. The number of nitrogens with zero attached hydrogens (tertiary/aromatic N) is 1. The predicted octanol–water partition coefficient (Wildman–Crippen LogP) is 3.28. The number of aromatic nitrogens is 1. The van der Waals surface area contributed by atoms with E-state index in [1.54, 1.807) is 24.5 Å². The number of rotatable bonds is 3. The molecule has 1 heterocycles. The molecule has 0 unspecified atom stereocenters. The quantitative estimate of drug-likeness (QED) is 0.937. The summed E-state index contributed by atoms with van der Waals surface area (Å²) in [7, 11) is 0. The lowest BCUT2D eigenvalue weighted by molar-refractivity contribution is -0.137. The monoisotopic (exact) mass is 280 g/mol. The zero-order chi connectivity index (χ0) is 14.6. The molecule has 0 aliphatic rings. The molecule has 0 saturated heterocycles. The van der Waals surface area contributed by atoms with E-state index in [4.69, 9.17) is 0 Å². The molecular weight excluding hydrogens is 269 g/mol. The van der Waals surface area contributed by atoms with Crippen molar-refractivity contribution in [2.45, 2.75) is 12.6 Å². The average Bonchev–Trinajstić information content (AvgIpc) is 2.39. The summed E-state index contributed by atoms with van der Waals surface area (Å²) in [5.74, 6) is -0.379. The summed E-state index contributed by atoms with van der Waals surface area (Å²) in [4.78, 5) is 15.5. The van der Waals surface area contributed by atoms with Crippen LogP contribution in [-0.2, 0) is 17.4 Å². The summed E-state index contributed by atoms with van der Waals surface area (Å²) < 4.78 is 37.6. The lowest BCUT2D eigenvalue weighted by Crippen LogP contribution is -2.15. The Morgan fingerprint density at radius 3 is 2.50 bits per heavy atom. The number of hydrogen-bond acceptors (Lipinski definition) is 2. The number of halogens is 3. The predicted molar refractivity (Wildman–Crippen MR) is 68.0 cm³/mol. The van der Waals surface area contributed by atoms with Gasteiger partial charge in [0.1, 0.15) is 0 Å². The van der Waals surface area contributed by atoms with Crippen LogP contribution in [0.15, 0.2) is 48.8 Å². The van der Waals surface area contributed by atoms with Gasteiger partial charge in [-0.3, -0.25) is 9.78 Å². The first kappa shape index (κ1) is 14.0. The number of alkyl halides is 3. The number of pyridine rings is 1. The molecule has 2 aromatic rings. The molecule has 1 amide bonds. The van der Waals surface area contributed by atoms with Crippen molar-refractivity contribution in [1.29, 1.82) is 0 Å². The zero-order valence-corrected chi connectivity index (χ0v) is 10.3. The Bertz CT molecular complexity index is 597. The van der Waals surface area contributed by atoms with Crippen LogP contribution in [0.1, 0.15) is 11.1 Å². The van der Waals surface area contributed by atoms with Crippen molar-refractivity contribution < 1.29 is 18.0 Å². The highest BCUT2D eigenvalue weighted by atomic mass is 19.4. The number of amides is 1. The number of benzene rings is 1. The Hall–Kier alpha value is -2.37. The van der Waals surface area contributed by atoms with E-state index in [1.807, 2.05) is 0 Å². The minimum absolute atomic E-state index is 0.0821. The van der Waals surface area contributed by atoms with Gasteiger partial charge in [0.2, 0.25) is 5.91 Å². The highest BCUT2D eigenvalue weighted by Gasteiger charge is 2.30. The van der Waals surface area contributed by atoms with Gasteiger partial charge in [-0.1, -0.05) is 6.07 Å². The summed E-state index contributed by atoms with van der Waals surface area (Å²) >= 11 is 0. The van der Waals surface area contributed by atoms with Crippen molar-refractivity contribution in [3.63, 3.8) is 0 Å². The third-order valence-corrected chi connectivity index (χ3v) is 2.59. The van der Waals surface area contributed by atoms with Crippen LogP contribution in [0.2, 0.25) is 0 Å². The van der Waals surface area contributed by atoms with Gasteiger partial charge >= 0.3 is 6.18 Å². The first-order chi connectivity index (χ1) is 9.45. The van der Waals surface area contributed by atoms with Gasteiger partial charge in [-0.15, -0.1) is 0 Å². The summed E-state index contributed by atoms with van der Waals surface area (Å²) in [5.41, 5.74) is 0.0718. The normalized spacial score (nSPS) is 11.2. The fourth-order valence-corrected chi connectivity index (χ4v) is 1.66. The molecule has 104 valence electrons. The van der Waals surface area contributed by atoms with Crippen LogP contribution in [0.5, 0.6) is 0 Å². The highest BCUT2D eigenvalue weighted by Crippen LogP contribution is 2.30. The molecule has 0 aliphatic carbocycles. The summed E-state index contributed by atoms with van der Waals surface area (Å²) in [6, 6.07) is 7.88. The summed E-state index contributed by atoms with van der Waals surface area (Å²) in [5, 5.41) is 2.44. The van der Waals surface area contributed by atoms with Crippen molar-refractivity contribution in [1.82, 2.24) is 4.98 Å². The molecule has 0 aliphatic heterocycles. The van der Waals surface area contributed by atoms with Gasteiger partial charge in [-0.2, -0.15) is 13.2 Å². The molecule has 1 aromatic heterocycles. The minimum Gasteiger partial charge on any atom is -0.326 e. The van der Waals surface area contributed by atoms with E-state index >= 15 is 0 Å². The van der Waals surface area contributed by atoms with E-state index in [0.717, 1.165) is 17.7 Å². The maximum Gasteiger partial charge on any atom is 0.416 e. The topological polar surface area (TPSA) is 42.0 Å². The fraction of sp³-hybridized carbons (Fsp3) is 0.143. The van der Waals surface area contributed by atoms with Gasteiger partial charge in [0.25, 0.3) is 0 Å². The second-order valence-corrected chi connectivity index (χ2v) is 4.16. The number of carbonyl (C=O) groups is 1. The fourth-order valence-electron chi connectivity index (χ4n) is 1.66. The maximum absolute atomic E-state index is 12.5. The van der Waals surface area contributed by atoms with Crippen molar-refractivity contribution in [3.05, 3.63) is 59.9 Å². The zero-order valence-electron chi connectivity index (χ0n) is 10.3. The Morgan fingerprint density at radius 1 is 1.15 bits per heavy atom. The van der Waals surface area contributed by atoms with Crippen LogP contribution < -0.4 is 5.32 Å². The highest BCUT2D eigenvalue weighted by molar-refractivity contribution is 5.92. The summed E-state index contributed by atoms with van der Waals surface area (Å²) in [6.07, 6.45) is -1.25. The molecule has 0 atom stereocenters. The standard InChI is InChI=1S/C14H11F3N2O/c15-14(16,17)11-2-1-3-12(9-11)19-13(20)8-10-4-6-18-7-5-10/h1-7,9H,8H2,(H,19,20). The minimum atomic E-state index is -4.42. The number of nitrogens with one attached hydrogen (secondary N) is 1. The van der Waals surface area contributed by atoms with Gasteiger partial charge in [0.15, 0.2) is 0 Å². The smallest absolute Gasteiger partial charge is 0.326 e. The van der Waals surface area contributed by atoms with Gasteiger partial charge in [0, 0.05) is 18.1 Å². The molecule has 20 heavy (non-hydrogen) atoms. The van der Waals surface area contributed by atoms with E-state index in [0.29, 0.717) is 0 Å². The molecule has 0 saturated carbocycles. The van der Waals surface area contributed by atoms with Crippen LogP contribution in [0.3, 0.4) is 0 Å². The molecule has 6 heteroatoms. The first-order valence-corrected chi connectivity index (χ1v) is 5.81. The van der Waals surface area contributed by atoms with E-state index in [2.05, 4.69) is 10.3 Å². The van der Waals surface area contributed by atoms with Crippen LogP contribution in [-0.4, -0.2) is 10.9 Å². The van der Waals surface area contributed by atoms with Crippen molar-refractivity contribution in [3.8, 4) is 0 Å². The third-order valence-electron chi connectivity index (χ3n) is 2.59. The number of carbonyl (C=O) groups excluding carboxylic acids is 1. The summed E-state index contributed by atoms with van der Waals surface area (Å²) in [6.45, 7) is 0. The molecule has 0 spiro atoms. The Kier molecular flexibility index (Phi) is 4.02. The van der Waals surface area contributed by atoms with E-state index in [9.17, 15) is 18.0 Å². The average molecular weight is 280 g/mol. The first-order valence-electron chi connectivity index (χ1n) is 5.81. The van der Waals surface area contributed by atoms with E-state index in [-0.39, 0.29) is 18.0 Å². The van der Waals surface area contributed by atoms with Crippen molar-refractivity contribution >= 4 is 11.6 Å². The molecule has 0 fully saturated rings. The van der Waals surface area contributed by atoms with Gasteiger partial charge < -0.3 is 5.32 Å². The Balaban J connectivity index is 2.05. The molecule has 2 rings (SSSR count). The van der Waals surface area contributed by atoms with Crippen molar-refractivity contribution in [2.75, 3.05) is 5.32 Å². The lowest BCUT2D eigenvalue weighted by Gasteiger charge is -2.09. The van der Waals surface area contributed by atoms with E-state index in [1.165, 1.54) is 12.1 Å². The van der Waals surface area contributed by atoms with E-state index < -0.39 is 11.7 Å². The third kappa shape index (κ3) is 3.81. The molecule has 0 bridgehead atoms. The van der Waals surface area contributed by atoms with Crippen molar-refractivity contribution in [2.24, 2.45) is 0 Å². The Labute approximate surface area is 113 Å². The molecule has 3 nitrogen and oxygen atoms in total. The van der Waals surface area contributed by atoms with Crippen LogP contribution >= 0.6 is 0 Å². The van der Waals surface area contributed by atoms with Crippen LogP contribution in [0, 0.1) is 0 Å². The van der Waals surface area contributed by atoms with Gasteiger partial charge in [-0.05, 0) is 35.9 Å². The largest absolute Gasteiger partial charge is 0.416 e. The molecule has 1 aromatic carbocycles. The Morgan fingerprint density at radius 2 is 1.85 bits per heavy atom. The second-order valence-electron chi connectivity index (χ2n) is 4.16. The maximum atomic E-state index is 12.5. The number of hydrogen-bond donors (Lipinski definition) is 1. The molecule has 1 N–H and O–H groups in total. The molecular formula is C14H11F3N2O. The van der Waals surface area contributed by atoms with Crippen LogP contribution in [0.4, 0.5) is 18.9 Å². The van der Waals surface area contributed by atoms with Gasteiger partial charge in [-0.25, -0.2) is 0 Å². The van der Waals surface area contributed by atoms with Crippen LogP contribution in [0.25, 0.3) is 0 Å². The second kappa shape index (κ2) is 5.73. The van der Waals surface area contributed by atoms with Gasteiger partial charge in [0.05, 0.1) is 12.0 Å². The lowest BCUT2D eigenvalue weighted by atomic mass is 10.1. The number of anilines is 1. The molecule has 0 radical (unpaired) electrons.